The number of carbonyl (C=O) groups excluding carboxylic acids is 2. The van der Waals surface area contributed by atoms with Crippen molar-refractivity contribution in [3.05, 3.63) is 102 Å². The number of benzodiazepines with no additional fused rings is 1. The van der Waals surface area contributed by atoms with Gasteiger partial charge in [-0.1, -0.05) is 66.7 Å². The summed E-state index contributed by atoms with van der Waals surface area (Å²) in [4.78, 5) is 40.2. The predicted octanol–water partition coefficient (Wildman–Crippen LogP) is 4.68. The van der Waals surface area contributed by atoms with Crippen LogP contribution in [0.1, 0.15) is 11.1 Å². The van der Waals surface area contributed by atoms with E-state index in [1.165, 1.54) is 4.90 Å². The lowest BCUT2D eigenvalue weighted by molar-refractivity contribution is -0.119. The maximum atomic E-state index is 13.3. The maximum absolute atomic E-state index is 13.3. The van der Waals surface area contributed by atoms with Crippen LogP contribution in [0.4, 0.5) is 16.3 Å². The standard InChI is InChI=1S/C28H22N6O2/c1-34-23-14-8-6-12-19(23)25(17-9-3-2-4-10-17)32-26(27(34)35)33-28(36)31-24-15-20-18-11-5-7-13-21(18)30-22(20)16-29-24/h2-16,26,30H,1H3,(H2,29,31,33,36). The molecule has 0 aliphatic carbocycles. The van der Waals surface area contributed by atoms with Gasteiger partial charge in [-0.15, -0.1) is 0 Å². The van der Waals surface area contributed by atoms with Crippen molar-refractivity contribution in [2.24, 2.45) is 4.99 Å². The summed E-state index contributed by atoms with van der Waals surface area (Å²) < 4.78 is 0. The molecule has 0 bridgehead atoms. The summed E-state index contributed by atoms with van der Waals surface area (Å²) in [6, 6.07) is 26.3. The van der Waals surface area contributed by atoms with Gasteiger partial charge >= 0.3 is 6.03 Å². The van der Waals surface area contributed by atoms with Gasteiger partial charge in [0.05, 0.1) is 23.1 Å². The Balaban J connectivity index is 1.32. The fourth-order valence-electron chi connectivity index (χ4n) is 4.54. The van der Waals surface area contributed by atoms with Gasteiger partial charge in [-0.3, -0.25) is 10.1 Å². The van der Waals surface area contributed by atoms with Crippen LogP contribution in [-0.2, 0) is 4.79 Å². The number of aliphatic imine (C=N–C) groups is 1. The molecule has 6 rings (SSSR count). The molecule has 1 atom stereocenters. The zero-order chi connectivity index (χ0) is 24.6. The number of hydrogen-bond acceptors (Lipinski definition) is 4. The quantitative estimate of drug-likeness (QED) is 0.354. The highest BCUT2D eigenvalue weighted by molar-refractivity contribution is 6.20. The van der Waals surface area contributed by atoms with Crippen molar-refractivity contribution >= 4 is 51.0 Å². The average Bonchev–Trinajstić information content (AvgIpc) is 3.24. The molecule has 8 nitrogen and oxygen atoms in total. The van der Waals surface area contributed by atoms with Gasteiger partial charge in [-0.05, 0) is 18.2 Å². The number of amides is 3. The maximum Gasteiger partial charge on any atom is 0.322 e. The monoisotopic (exact) mass is 474 g/mol. The Morgan fingerprint density at radius 1 is 0.917 bits per heavy atom. The van der Waals surface area contributed by atoms with E-state index in [1.807, 2.05) is 84.9 Å². The van der Waals surface area contributed by atoms with Gasteiger partial charge < -0.3 is 15.2 Å². The Hall–Kier alpha value is -4.98. The van der Waals surface area contributed by atoms with Crippen molar-refractivity contribution in [1.82, 2.24) is 15.3 Å². The third kappa shape index (κ3) is 3.74. The molecule has 0 saturated carbocycles. The van der Waals surface area contributed by atoms with E-state index in [1.54, 1.807) is 13.2 Å². The Bertz CT molecular complexity index is 1660. The number of fused-ring (bicyclic) bond motifs is 4. The minimum atomic E-state index is -1.12. The van der Waals surface area contributed by atoms with Crippen molar-refractivity contribution in [2.45, 2.75) is 6.17 Å². The number of para-hydroxylation sites is 2. The second kappa shape index (κ2) is 8.66. The third-order valence-electron chi connectivity index (χ3n) is 6.29. The van der Waals surface area contributed by atoms with Crippen LogP contribution >= 0.6 is 0 Å². The van der Waals surface area contributed by atoms with Gasteiger partial charge in [0.2, 0.25) is 6.17 Å². The van der Waals surface area contributed by atoms with Crippen molar-refractivity contribution in [1.29, 1.82) is 0 Å². The molecule has 2 aromatic heterocycles. The van der Waals surface area contributed by atoms with Crippen LogP contribution in [0.5, 0.6) is 0 Å². The molecule has 36 heavy (non-hydrogen) atoms. The van der Waals surface area contributed by atoms with E-state index in [0.717, 1.165) is 38.6 Å². The largest absolute Gasteiger partial charge is 0.353 e. The van der Waals surface area contributed by atoms with E-state index in [4.69, 9.17) is 4.99 Å². The molecule has 1 aliphatic rings. The molecule has 1 unspecified atom stereocenters. The number of likely N-dealkylation sites (N-methyl/N-ethyl adjacent to an activating group) is 1. The van der Waals surface area contributed by atoms with E-state index in [2.05, 4.69) is 20.6 Å². The first kappa shape index (κ1) is 21.5. The number of nitrogens with zero attached hydrogens (tertiary/aromatic N) is 3. The van der Waals surface area contributed by atoms with Crippen LogP contribution in [0, 0.1) is 0 Å². The first-order valence-corrected chi connectivity index (χ1v) is 11.5. The predicted molar refractivity (Wildman–Crippen MR) is 141 cm³/mol. The van der Waals surface area contributed by atoms with E-state index < -0.39 is 12.2 Å². The number of rotatable bonds is 3. The molecule has 176 valence electrons. The molecule has 5 aromatic rings. The van der Waals surface area contributed by atoms with Gasteiger partial charge in [0.1, 0.15) is 5.82 Å². The fourth-order valence-corrected chi connectivity index (χ4v) is 4.54. The second-order valence-electron chi connectivity index (χ2n) is 8.54. The Kier molecular flexibility index (Phi) is 5.19. The van der Waals surface area contributed by atoms with Gasteiger partial charge in [0.15, 0.2) is 0 Å². The highest BCUT2D eigenvalue weighted by atomic mass is 16.2. The summed E-state index contributed by atoms with van der Waals surface area (Å²) in [5.74, 6) is 0.0262. The molecule has 0 saturated heterocycles. The molecule has 3 heterocycles. The number of benzene rings is 3. The number of nitrogens with one attached hydrogen (secondary N) is 3. The molecule has 8 heteroatoms. The summed E-state index contributed by atoms with van der Waals surface area (Å²) in [5, 5.41) is 7.46. The van der Waals surface area contributed by atoms with Gasteiger partial charge in [-0.2, -0.15) is 0 Å². The van der Waals surface area contributed by atoms with E-state index in [-0.39, 0.29) is 5.91 Å². The smallest absolute Gasteiger partial charge is 0.322 e. The molecule has 3 aromatic carbocycles. The highest BCUT2D eigenvalue weighted by Gasteiger charge is 2.31. The number of aromatic nitrogens is 2. The van der Waals surface area contributed by atoms with Crippen LogP contribution in [0.3, 0.4) is 0 Å². The highest BCUT2D eigenvalue weighted by Crippen LogP contribution is 2.28. The average molecular weight is 475 g/mol. The fraction of sp³-hybridized carbons (Fsp3) is 0.0714. The van der Waals surface area contributed by atoms with Crippen molar-refractivity contribution in [3.8, 4) is 0 Å². The molecular formula is C28H22N6O2. The number of urea groups is 1. The number of aromatic amines is 1. The number of anilines is 2. The molecule has 1 aliphatic heterocycles. The van der Waals surface area contributed by atoms with Gasteiger partial charge in [0, 0.05) is 34.5 Å². The van der Waals surface area contributed by atoms with Crippen LogP contribution in [0.25, 0.3) is 21.8 Å². The van der Waals surface area contributed by atoms with Crippen LogP contribution in [0.15, 0.2) is 96.1 Å². The lowest BCUT2D eigenvalue weighted by Crippen LogP contribution is -2.47. The van der Waals surface area contributed by atoms with Crippen LogP contribution in [-0.4, -0.2) is 40.8 Å². The molecule has 3 N–H and O–H groups in total. The SMILES string of the molecule is CN1C(=O)C(NC(=O)Nc2cc3c(cn2)[nH]c2ccccc23)N=C(c2ccccc2)c2ccccc21. The molecule has 0 radical (unpaired) electrons. The third-order valence-corrected chi connectivity index (χ3v) is 6.29. The Morgan fingerprint density at radius 2 is 1.67 bits per heavy atom. The second-order valence-corrected chi connectivity index (χ2v) is 8.54. The summed E-state index contributed by atoms with van der Waals surface area (Å²) in [7, 11) is 1.68. The van der Waals surface area contributed by atoms with Crippen LogP contribution in [0.2, 0.25) is 0 Å². The number of pyridine rings is 1. The van der Waals surface area contributed by atoms with Gasteiger partial charge in [-0.25, -0.2) is 14.8 Å². The molecular weight excluding hydrogens is 452 g/mol. The zero-order valence-corrected chi connectivity index (χ0v) is 19.4. The number of H-pyrrole nitrogens is 1. The summed E-state index contributed by atoms with van der Waals surface area (Å²) in [6.07, 6.45) is 0.562. The molecule has 0 fully saturated rings. The Labute approximate surface area is 206 Å². The summed E-state index contributed by atoms with van der Waals surface area (Å²) >= 11 is 0. The summed E-state index contributed by atoms with van der Waals surface area (Å²) in [5.41, 5.74) is 4.89. The number of hydrogen-bond donors (Lipinski definition) is 3. The van der Waals surface area contributed by atoms with E-state index in [0.29, 0.717) is 11.5 Å². The van der Waals surface area contributed by atoms with Crippen molar-refractivity contribution < 1.29 is 9.59 Å². The first-order chi connectivity index (χ1) is 17.6. The van der Waals surface area contributed by atoms with E-state index in [9.17, 15) is 9.59 Å². The van der Waals surface area contributed by atoms with Crippen molar-refractivity contribution in [3.63, 3.8) is 0 Å². The number of carbonyl (C=O) groups is 2. The zero-order valence-electron chi connectivity index (χ0n) is 19.4. The minimum Gasteiger partial charge on any atom is -0.353 e. The van der Waals surface area contributed by atoms with Crippen LogP contribution < -0.4 is 15.5 Å². The first-order valence-electron chi connectivity index (χ1n) is 11.5. The summed E-state index contributed by atoms with van der Waals surface area (Å²) in [6.45, 7) is 0. The molecule has 0 spiro atoms. The molecule has 3 amide bonds. The Morgan fingerprint density at radius 3 is 2.53 bits per heavy atom. The lowest BCUT2D eigenvalue weighted by Gasteiger charge is -2.20. The van der Waals surface area contributed by atoms with Crippen molar-refractivity contribution in [2.75, 3.05) is 17.3 Å². The minimum absolute atomic E-state index is 0.344. The normalized spacial score (nSPS) is 15.4. The lowest BCUT2D eigenvalue weighted by atomic mass is 10.0. The topological polar surface area (TPSA) is 102 Å². The van der Waals surface area contributed by atoms with E-state index >= 15 is 0 Å². The van der Waals surface area contributed by atoms with Gasteiger partial charge in [0.25, 0.3) is 5.91 Å².